The Labute approximate surface area is 111 Å². The highest BCUT2D eigenvalue weighted by molar-refractivity contribution is 5.93. The fraction of sp³-hybridized carbons (Fsp3) is 0.538. The van der Waals surface area contributed by atoms with Crippen molar-refractivity contribution in [1.82, 2.24) is 15.2 Å². The summed E-state index contributed by atoms with van der Waals surface area (Å²) in [4.78, 5) is 28.6. The molecule has 0 aliphatic carbocycles. The van der Waals surface area contributed by atoms with E-state index in [2.05, 4.69) is 15.2 Å². The molecule has 0 aromatic carbocycles. The van der Waals surface area contributed by atoms with Crippen molar-refractivity contribution >= 4 is 5.91 Å². The van der Waals surface area contributed by atoms with Crippen LogP contribution in [0, 0.1) is 6.92 Å². The molecule has 0 radical (unpaired) electrons. The molecule has 104 valence electrons. The average Bonchev–Trinajstić information content (AvgIpc) is 2.36. The minimum absolute atomic E-state index is 0.0211. The summed E-state index contributed by atoms with van der Waals surface area (Å²) in [6, 6.07) is 1.42. The predicted octanol–water partition coefficient (Wildman–Crippen LogP) is -0.256. The van der Waals surface area contributed by atoms with Crippen molar-refractivity contribution in [2.45, 2.75) is 13.0 Å². The minimum atomic E-state index is -0.363. The van der Waals surface area contributed by atoms with Crippen molar-refractivity contribution in [2.24, 2.45) is 0 Å². The van der Waals surface area contributed by atoms with Crippen molar-refractivity contribution in [2.75, 3.05) is 33.3 Å². The number of aromatic amines is 1. The summed E-state index contributed by atoms with van der Waals surface area (Å²) in [5.74, 6) is -0.363. The number of ether oxygens (including phenoxy) is 1. The summed E-state index contributed by atoms with van der Waals surface area (Å²) in [5.41, 5.74) is 0.601. The minimum Gasteiger partial charge on any atom is -0.374 e. The Morgan fingerprint density at radius 3 is 3.11 bits per heavy atom. The topological polar surface area (TPSA) is 74.4 Å². The highest BCUT2D eigenvalue weighted by Crippen LogP contribution is 2.02. The average molecular weight is 265 g/mol. The van der Waals surface area contributed by atoms with Gasteiger partial charge in [0.15, 0.2) is 5.43 Å². The lowest BCUT2D eigenvalue weighted by molar-refractivity contribution is -0.0175. The second-order valence-corrected chi connectivity index (χ2v) is 4.86. The number of aryl methyl sites for hydroxylation is 1. The summed E-state index contributed by atoms with van der Waals surface area (Å²) in [6.45, 7) is 4.54. The molecule has 1 aliphatic heterocycles. The van der Waals surface area contributed by atoms with Gasteiger partial charge in [0.2, 0.25) is 0 Å². The predicted molar refractivity (Wildman–Crippen MR) is 71.4 cm³/mol. The van der Waals surface area contributed by atoms with Gasteiger partial charge in [-0.3, -0.25) is 9.59 Å². The molecule has 1 unspecified atom stereocenters. The molecule has 1 amide bonds. The molecular formula is C13H19N3O3. The van der Waals surface area contributed by atoms with E-state index in [1.807, 2.05) is 7.05 Å². The molecule has 2 rings (SSSR count). The first kappa shape index (κ1) is 13.8. The van der Waals surface area contributed by atoms with Crippen LogP contribution < -0.4 is 10.7 Å². The van der Waals surface area contributed by atoms with Gasteiger partial charge in [0.1, 0.15) is 5.56 Å². The maximum atomic E-state index is 11.9. The van der Waals surface area contributed by atoms with Crippen LogP contribution in [-0.2, 0) is 4.74 Å². The van der Waals surface area contributed by atoms with E-state index < -0.39 is 0 Å². The van der Waals surface area contributed by atoms with E-state index in [-0.39, 0.29) is 23.0 Å². The van der Waals surface area contributed by atoms with Gasteiger partial charge in [0.25, 0.3) is 5.91 Å². The van der Waals surface area contributed by atoms with Crippen LogP contribution in [-0.4, -0.2) is 55.2 Å². The van der Waals surface area contributed by atoms with Gasteiger partial charge in [-0.1, -0.05) is 0 Å². The van der Waals surface area contributed by atoms with Gasteiger partial charge in [0.05, 0.1) is 12.7 Å². The summed E-state index contributed by atoms with van der Waals surface area (Å²) in [6.07, 6.45) is 1.42. The van der Waals surface area contributed by atoms with E-state index in [4.69, 9.17) is 4.74 Å². The van der Waals surface area contributed by atoms with Gasteiger partial charge < -0.3 is 19.9 Å². The molecule has 6 heteroatoms. The van der Waals surface area contributed by atoms with E-state index in [1.165, 1.54) is 12.3 Å². The summed E-state index contributed by atoms with van der Waals surface area (Å²) >= 11 is 0. The van der Waals surface area contributed by atoms with Crippen molar-refractivity contribution in [3.8, 4) is 0 Å². The lowest BCUT2D eigenvalue weighted by atomic mass is 10.2. The molecule has 1 aromatic rings. The van der Waals surface area contributed by atoms with Gasteiger partial charge in [0, 0.05) is 37.6 Å². The Morgan fingerprint density at radius 2 is 2.42 bits per heavy atom. The maximum Gasteiger partial charge on any atom is 0.256 e. The lowest BCUT2D eigenvalue weighted by Crippen LogP contribution is -2.46. The zero-order valence-electron chi connectivity index (χ0n) is 11.2. The Morgan fingerprint density at radius 1 is 1.63 bits per heavy atom. The molecule has 1 aliphatic rings. The highest BCUT2D eigenvalue weighted by atomic mass is 16.5. The van der Waals surface area contributed by atoms with Crippen LogP contribution in [0.3, 0.4) is 0 Å². The highest BCUT2D eigenvalue weighted by Gasteiger charge is 2.19. The third-order valence-electron chi connectivity index (χ3n) is 3.13. The van der Waals surface area contributed by atoms with Gasteiger partial charge in [-0.2, -0.15) is 0 Å². The Bertz CT molecular complexity index is 512. The zero-order chi connectivity index (χ0) is 13.8. The largest absolute Gasteiger partial charge is 0.374 e. The van der Waals surface area contributed by atoms with Gasteiger partial charge >= 0.3 is 0 Å². The molecule has 0 spiro atoms. The molecule has 0 bridgehead atoms. The number of nitrogens with zero attached hydrogens (tertiary/aromatic N) is 1. The van der Waals surface area contributed by atoms with Crippen LogP contribution in [0.4, 0.5) is 0 Å². The number of likely N-dealkylation sites (N-methyl/N-ethyl adjacent to an activating group) is 1. The van der Waals surface area contributed by atoms with Crippen LogP contribution in [0.15, 0.2) is 17.1 Å². The molecule has 1 atom stereocenters. The number of carbonyl (C=O) groups is 1. The quantitative estimate of drug-likeness (QED) is 0.790. The number of hydrogen-bond acceptors (Lipinski definition) is 4. The smallest absolute Gasteiger partial charge is 0.256 e. The lowest BCUT2D eigenvalue weighted by Gasteiger charge is -2.30. The van der Waals surface area contributed by atoms with Crippen molar-refractivity contribution in [3.05, 3.63) is 33.7 Å². The summed E-state index contributed by atoms with van der Waals surface area (Å²) in [7, 11) is 2.02. The number of amides is 1. The monoisotopic (exact) mass is 265 g/mol. The first-order chi connectivity index (χ1) is 9.06. The number of aromatic nitrogens is 1. The number of morpholine rings is 1. The van der Waals surface area contributed by atoms with E-state index in [0.29, 0.717) is 13.2 Å². The second kappa shape index (κ2) is 5.99. The van der Waals surface area contributed by atoms with Crippen LogP contribution in [0.1, 0.15) is 16.1 Å². The maximum absolute atomic E-state index is 11.9. The molecule has 1 saturated heterocycles. The molecule has 2 N–H and O–H groups in total. The van der Waals surface area contributed by atoms with Gasteiger partial charge in [-0.05, 0) is 14.0 Å². The number of pyridine rings is 1. The Hall–Kier alpha value is -1.66. The Balaban J connectivity index is 1.92. The molecule has 2 heterocycles. The van der Waals surface area contributed by atoms with Crippen molar-refractivity contribution in [3.63, 3.8) is 0 Å². The van der Waals surface area contributed by atoms with Crippen LogP contribution in [0.5, 0.6) is 0 Å². The SMILES string of the molecule is Cc1cc(=O)c(C(=O)NCC2CN(C)CCO2)c[nH]1. The molecule has 19 heavy (non-hydrogen) atoms. The number of hydrogen-bond donors (Lipinski definition) is 2. The van der Waals surface area contributed by atoms with E-state index in [0.717, 1.165) is 18.8 Å². The molecule has 1 fully saturated rings. The second-order valence-electron chi connectivity index (χ2n) is 4.86. The van der Waals surface area contributed by atoms with Crippen LogP contribution >= 0.6 is 0 Å². The van der Waals surface area contributed by atoms with E-state index >= 15 is 0 Å². The molecular weight excluding hydrogens is 246 g/mol. The Kier molecular flexibility index (Phi) is 4.34. The summed E-state index contributed by atoms with van der Waals surface area (Å²) < 4.78 is 5.54. The van der Waals surface area contributed by atoms with E-state index in [9.17, 15) is 9.59 Å². The first-order valence-corrected chi connectivity index (χ1v) is 6.34. The fourth-order valence-corrected chi connectivity index (χ4v) is 2.04. The number of H-pyrrole nitrogens is 1. The molecule has 1 aromatic heterocycles. The summed E-state index contributed by atoms with van der Waals surface area (Å²) in [5, 5.41) is 2.74. The number of rotatable bonds is 3. The molecule has 6 nitrogen and oxygen atoms in total. The normalized spacial score (nSPS) is 20.2. The van der Waals surface area contributed by atoms with Crippen LogP contribution in [0.2, 0.25) is 0 Å². The van der Waals surface area contributed by atoms with Crippen LogP contribution in [0.25, 0.3) is 0 Å². The van der Waals surface area contributed by atoms with Crippen molar-refractivity contribution in [1.29, 1.82) is 0 Å². The third kappa shape index (κ3) is 3.65. The van der Waals surface area contributed by atoms with Gasteiger partial charge in [-0.25, -0.2) is 0 Å². The van der Waals surface area contributed by atoms with Crippen molar-refractivity contribution < 1.29 is 9.53 Å². The molecule has 0 saturated carbocycles. The first-order valence-electron chi connectivity index (χ1n) is 6.34. The standard InChI is InChI=1S/C13H19N3O3/c1-9-5-12(17)11(7-14-9)13(18)15-6-10-8-16(2)3-4-19-10/h5,7,10H,3-4,6,8H2,1-2H3,(H,14,17)(H,15,18). The third-order valence-corrected chi connectivity index (χ3v) is 3.13. The van der Waals surface area contributed by atoms with E-state index in [1.54, 1.807) is 6.92 Å². The number of nitrogens with one attached hydrogen (secondary N) is 2. The van der Waals surface area contributed by atoms with Gasteiger partial charge in [-0.15, -0.1) is 0 Å². The fourth-order valence-electron chi connectivity index (χ4n) is 2.04. The number of carbonyl (C=O) groups excluding carboxylic acids is 1. The zero-order valence-corrected chi connectivity index (χ0v) is 11.2.